The first kappa shape index (κ1) is 18.2. The summed E-state index contributed by atoms with van der Waals surface area (Å²) < 4.78 is 12.9. The van der Waals surface area contributed by atoms with E-state index in [9.17, 15) is 9.18 Å². The first-order chi connectivity index (χ1) is 12.5. The molecule has 3 rings (SSSR count). The molecular formula is C19H14Cl2FN3O. The summed E-state index contributed by atoms with van der Waals surface area (Å²) in [6.45, 7) is 0.279. The highest BCUT2D eigenvalue weighted by Gasteiger charge is 2.09. The maximum Gasteiger partial charge on any atom is 0.270 e. The van der Waals surface area contributed by atoms with Gasteiger partial charge in [-0.1, -0.05) is 35.3 Å². The number of anilines is 2. The van der Waals surface area contributed by atoms with Crippen molar-refractivity contribution in [3.8, 4) is 0 Å². The van der Waals surface area contributed by atoms with Crippen molar-refractivity contribution in [1.29, 1.82) is 0 Å². The second-order valence-electron chi connectivity index (χ2n) is 5.49. The molecule has 0 radical (unpaired) electrons. The smallest absolute Gasteiger partial charge is 0.270 e. The van der Waals surface area contributed by atoms with Crippen LogP contribution in [0.4, 0.5) is 15.8 Å². The third-order valence-electron chi connectivity index (χ3n) is 3.57. The minimum atomic E-state index is -0.333. The lowest BCUT2D eigenvalue weighted by Crippen LogP contribution is -2.23. The van der Waals surface area contributed by atoms with Gasteiger partial charge in [0.1, 0.15) is 11.5 Å². The number of benzene rings is 2. The minimum Gasteiger partial charge on any atom is -0.354 e. The van der Waals surface area contributed by atoms with E-state index in [4.69, 9.17) is 23.2 Å². The molecular weight excluding hydrogens is 376 g/mol. The van der Waals surface area contributed by atoms with Gasteiger partial charge in [-0.3, -0.25) is 9.78 Å². The van der Waals surface area contributed by atoms with Crippen LogP contribution in [0.15, 0.2) is 60.8 Å². The fourth-order valence-corrected chi connectivity index (χ4v) is 2.71. The van der Waals surface area contributed by atoms with E-state index in [0.717, 1.165) is 5.56 Å². The number of hydrogen-bond donors (Lipinski definition) is 2. The molecule has 1 heterocycles. The largest absolute Gasteiger partial charge is 0.354 e. The minimum absolute atomic E-state index is 0.252. The number of carbonyl (C=O) groups is 1. The van der Waals surface area contributed by atoms with Crippen molar-refractivity contribution in [3.05, 3.63) is 87.9 Å². The van der Waals surface area contributed by atoms with Crippen molar-refractivity contribution >= 4 is 40.5 Å². The molecule has 3 aromatic rings. The van der Waals surface area contributed by atoms with Crippen molar-refractivity contribution in [2.24, 2.45) is 0 Å². The predicted molar refractivity (Wildman–Crippen MR) is 102 cm³/mol. The molecule has 0 aliphatic heterocycles. The third kappa shape index (κ3) is 4.71. The maximum absolute atomic E-state index is 12.9. The number of amides is 1. The summed E-state index contributed by atoms with van der Waals surface area (Å²) >= 11 is 12.0. The lowest BCUT2D eigenvalue weighted by molar-refractivity contribution is 0.0946. The van der Waals surface area contributed by atoms with Crippen LogP contribution in [0, 0.1) is 5.82 Å². The molecule has 0 atom stereocenters. The van der Waals surface area contributed by atoms with Gasteiger partial charge in [0.05, 0.1) is 10.7 Å². The number of nitrogens with zero attached hydrogens (tertiary/aromatic N) is 1. The summed E-state index contributed by atoms with van der Waals surface area (Å²) in [7, 11) is 0. The van der Waals surface area contributed by atoms with Gasteiger partial charge < -0.3 is 10.6 Å². The van der Waals surface area contributed by atoms with Crippen LogP contribution in [0.3, 0.4) is 0 Å². The highest BCUT2D eigenvalue weighted by molar-refractivity contribution is 6.36. The Bertz CT molecular complexity index is 932. The van der Waals surface area contributed by atoms with Crippen LogP contribution in [0.5, 0.6) is 0 Å². The Labute approximate surface area is 160 Å². The van der Waals surface area contributed by atoms with Gasteiger partial charge in [-0.15, -0.1) is 0 Å². The highest BCUT2D eigenvalue weighted by Crippen LogP contribution is 2.28. The molecule has 0 spiro atoms. The zero-order valence-electron chi connectivity index (χ0n) is 13.5. The first-order valence-electron chi connectivity index (χ1n) is 7.72. The summed E-state index contributed by atoms with van der Waals surface area (Å²) in [5, 5.41) is 6.88. The zero-order valence-corrected chi connectivity index (χ0v) is 15.0. The first-order valence-corrected chi connectivity index (χ1v) is 8.47. The van der Waals surface area contributed by atoms with Gasteiger partial charge in [0.25, 0.3) is 5.91 Å². The second kappa shape index (κ2) is 8.17. The van der Waals surface area contributed by atoms with E-state index in [1.807, 2.05) is 0 Å². The van der Waals surface area contributed by atoms with Crippen LogP contribution in [0.2, 0.25) is 10.0 Å². The Balaban J connectivity index is 1.68. The monoisotopic (exact) mass is 389 g/mol. The van der Waals surface area contributed by atoms with Crippen molar-refractivity contribution in [3.63, 3.8) is 0 Å². The summed E-state index contributed by atoms with van der Waals surface area (Å²) in [4.78, 5) is 16.4. The van der Waals surface area contributed by atoms with Gasteiger partial charge in [-0.05, 0) is 48.0 Å². The Kier molecular flexibility index (Phi) is 5.71. The molecule has 0 bridgehead atoms. The average Bonchev–Trinajstić information content (AvgIpc) is 2.63. The lowest BCUT2D eigenvalue weighted by atomic mass is 10.2. The molecule has 7 heteroatoms. The average molecular weight is 390 g/mol. The van der Waals surface area contributed by atoms with E-state index in [2.05, 4.69) is 15.6 Å². The molecule has 0 aliphatic carbocycles. The molecule has 0 aliphatic rings. The van der Waals surface area contributed by atoms with Gasteiger partial charge in [0.15, 0.2) is 0 Å². The Morgan fingerprint density at radius 2 is 1.81 bits per heavy atom. The molecule has 2 aromatic carbocycles. The topological polar surface area (TPSA) is 54.0 Å². The molecule has 1 aromatic heterocycles. The third-order valence-corrected chi connectivity index (χ3v) is 4.12. The fourth-order valence-electron chi connectivity index (χ4n) is 2.25. The summed E-state index contributed by atoms with van der Waals surface area (Å²) in [5.41, 5.74) is 2.38. The Hall–Kier alpha value is -2.63. The van der Waals surface area contributed by atoms with Crippen LogP contribution >= 0.6 is 23.2 Å². The van der Waals surface area contributed by atoms with Gasteiger partial charge in [0.2, 0.25) is 0 Å². The van der Waals surface area contributed by atoms with E-state index < -0.39 is 0 Å². The van der Waals surface area contributed by atoms with E-state index >= 15 is 0 Å². The molecule has 1 amide bonds. The molecule has 0 saturated heterocycles. The molecule has 26 heavy (non-hydrogen) atoms. The van der Waals surface area contributed by atoms with E-state index in [0.29, 0.717) is 21.4 Å². The van der Waals surface area contributed by atoms with E-state index in [1.54, 1.807) is 42.5 Å². The SMILES string of the molecule is O=C(NCc1ccc(F)cc1)c1cc(Nc2ccc(Cl)cc2Cl)ccn1. The lowest BCUT2D eigenvalue weighted by Gasteiger charge is -2.10. The quantitative estimate of drug-likeness (QED) is 0.630. The van der Waals surface area contributed by atoms with Gasteiger partial charge in [-0.25, -0.2) is 4.39 Å². The molecule has 0 fully saturated rings. The van der Waals surface area contributed by atoms with E-state index in [1.165, 1.54) is 18.3 Å². The number of halogens is 3. The van der Waals surface area contributed by atoms with Crippen molar-refractivity contribution in [1.82, 2.24) is 10.3 Å². The number of rotatable bonds is 5. The number of nitrogens with one attached hydrogen (secondary N) is 2. The molecule has 132 valence electrons. The van der Waals surface area contributed by atoms with Crippen LogP contribution in [0.1, 0.15) is 16.1 Å². The van der Waals surface area contributed by atoms with Crippen LogP contribution < -0.4 is 10.6 Å². The molecule has 0 saturated carbocycles. The summed E-state index contributed by atoms with van der Waals surface area (Å²) in [6, 6.07) is 14.4. The Morgan fingerprint density at radius 1 is 1.04 bits per heavy atom. The Morgan fingerprint density at radius 3 is 2.54 bits per heavy atom. The van der Waals surface area contributed by atoms with Crippen LogP contribution in [-0.2, 0) is 6.54 Å². The predicted octanol–water partition coefficient (Wildman–Crippen LogP) is 5.20. The van der Waals surface area contributed by atoms with Gasteiger partial charge in [-0.2, -0.15) is 0 Å². The normalized spacial score (nSPS) is 10.4. The van der Waals surface area contributed by atoms with E-state index in [-0.39, 0.29) is 24.0 Å². The summed E-state index contributed by atoms with van der Waals surface area (Å²) in [6.07, 6.45) is 1.53. The number of aromatic nitrogens is 1. The number of hydrogen-bond acceptors (Lipinski definition) is 3. The molecule has 4 nitrogen and oxygen atoms in total. The molecule has 2 N–H and O–H groups in total. The van der Waals surface area contributed by atoms with Crippen LogP contribution in [0.25, 0.3) is 0 Å². The van der Waals surface area contributed by atoms with Crippen molar-refractivity contribution in [2.75, 3.05) is 5.32 Å². The molecule has 0 unspecified atom stereocenters. The zero-order chi connectivity index (χ0) is 18.5. The van der Waals surface area contributed by atoms with Crippen molar-refractivity contribution in [2.45, 2.75) is 6.54 Å². The number of pyridine rings is 1. The van der Waals surface area contributed by atoms with Gasteiger partial charge >= 0.3 is 0 Å². The van der Waals surface area contributed by atoms with Crippen molar-refractivity contribution < 1.29 is 9.18 Å². The highest BCUT2D eigenvalue weighted by atomic mass is 35.5. The standard InChI is InChI=1S/C19H14Cl2FN3O/c20-13-3-6-17(16(21)9-13)25-15-7-8-23-18(10-15)19(26)24-11-12-1-4-14(22)5-2-12/h1-10H,11H2,(H,23,25)(H,24,26). The maximum atomic E-state index is 12.9. The second-order valence-corrected chi connectivity index (χ2v) is 6.33. The number of carbonyl (C=O) groups excluding carboxylic acids is 1. The summed E-state index contributed by atoms with van der Waals surface area (Å²) in [5.74, 6) is -0.651. The fraction of sp³-hybridized carbons (Fsp3) is 0.0526. The van der Waals surface area contributed by atoms with Gasteiger partial charge in [0, 0.05) is 23.5 Å². The van der Waals surface area contributed by atoms with Crippen LogP contribution in [-0.4, -0.2) is 10.9 Å².